The molecule has 27 heavy (non-hydrogen) atoms. The quantitative estimate of drug-likeness (QED) is 0.486. The third-order valence-electron chi connectivity index (χ3n) is 4.44. The smallest absolute Gasteiger partial charge is 0.133 e. The molecule has 2 aromatic carbocycles. The Labute approximate surface area is 161 Å². The van der Waals surface area contributed by atoms with Crippen LogP contribution in [0, 0.1) is 0 Å². The van der Waals surface area contributed by atoms with Gasteiger partial charge in [0.1, 0.15) is 11.6 Å². The van der Waals surface area contributed by atoms with Crippen molar-refractivity contribution >= 4 is 16.7 Å². The molecule has 0 bridgehead atoms. The Morgan fingerprint density at radius 1 is 1.19 bits per heavy atom. The van der Waals surface area contributed by atoms with Gasteiger partial charge in [0.05, 0.1) is 18.3 Å². The van der Waals surface area contributed by atoms with Crippen LogP contribution in [0.1, 0.15) is 25.8 Å². The molecule has 0 saturated carbocycles. The van der Waals surface area contributed by atoms with E-state index in [0.29, 0.717) is 6.61 Å². The number of aliphatic imine (C=N–C) groups is 1. The van der Waals surface area contributed by atoms with Gasteiger partial charge in [-0.25, -0.2) is 4.99 Å². The summed E-state index contributed by atoms with van der Waals surface area (Å²) >= 11 is 0. The van der Waals surface area contributed by atoms with E-state index in [0.717, 1.165) is 35.3 Å². The Morgan fingerprint density at radius 3 is 2.74 bits per heavy atom. The molecule has 0 aliphatic rings. The van der Waals surface area contributed by atoms with Gasteiger partial charge in [0, 0.05) is 18.0 Å². The van der Waals surface area contributed by atoms with Gasteiger partial charge < -0.3 is 15.0 Å². The Morgan fingerprint density at radius 2 is 2.00 bits per heavy atom. The van der Waals surface area contributed by atoms with Crippen molar-refractivity contribution in [1.82, 2.24) is 4.57 Å². The average Bonchev–Trinajstić information content (AvgIpc) is 3.11. The van der Waals surface area contributed by atoms with E-state index in [-0.39, 0.29) is 6.17 Å². The lowest BCUT2D eigenvalue weighted by atomic mass is 10.2. The van der Waals surface area contributed by atoms with Crippen molar-refractivity contribution in [1.29, 1.82) is 0 Å². The number of allylic oxidation sites excluding steroid dienone is 2. The Hall–Kier alpha value is -2.85. The topological polar surface area (TPSA) is 52.5 Å². The number of hydrogen-bond acceptors (Lipinski definition) is 3. The minimum absolute atomic E-state index is 0.200. The second kappa shape index (κ2) is 9.19. The summed E-state index contributed by atoms with van der Waals surface area (Å²) < 4.78 is 8.01. The zero-order chi connectivity index (χ0) is 19.1. The molecule has 0 saturated heterocycles. The zero-order valence-corrected chi connectivity index (χ0v) is 16.0. The van der Waals surface area contributed by atoms with Crippen molar-refractivity contribution < 1.29 is 4.74 Å². The molecule has 0 aliphatic heterocycles. The zero-order valence-electron chi connectivity index (χ0n) is 16.0. The highest BCUT2D eigenvalue weighted by molar-refractivity contribution is 6.01. The van der Waals surface area contributed by atoms with Crippen LogP contribution >= 0.6 is 0 Å². The van der Waals surface area contributed by atoms with Crippen LogP contribution in [-0.2, 0) is 6.42 Å². The number of ether oxygens (including phenoxy) is 1. The van der Waals surface area contributed by atoms with Crippen LogP contribution in [0.2, 0.25) is 0 Å². The van der Waals surface area contributed by atoms with Crippen LogP contribution in [0.4, 0.5) is 0 Å². The lowest BCUT2D eigenvalue weighted by Gasteiger charge is -2.10. The van der Waals surface area contributed by atoms with Gasteiger partial charge >= 0.3 is 0 Å². The van der Waals surface area contributed by atoms with E-state index in [1.807, 2.05) is 44.3 Å². The summed E-state index contributed by atoms with van der Waals surface area (Å²) in [5.74, 6) is 1.73. The molecule has 1 unspecified atom stereocenters. The molecule has 0 aliphatic carbocycles. The van der Waals surface area contributed by atoms with E-state index in [2.05, 4.69) is 52.0 Å². The number of hydrogen-bond donors (Lipinski definition) is 1. The predicted octanol–water partition coefficient (Wildman–Crippen LogP) is 4.78. The highest BCUT2D eigenvalue weighted by Crippen LogP contribution is 2.23. The van der Waals surface area contributed by atoms with Crippen molar-refractivity contribution in [2.45, 2.75) is 32.9 Å². The third-order valence-corrected chi connectivity index (χ3v) is 4.44. The Kier molecular flexibility index (Phi) is 6.44. The van der Waals surface area contributed by atoms with Gasteiger partial charge in [-0.15, -0.1) is 0 Å². The fraction of sp³-hybridized carbons (Fsp3) is 0.261. The predicted molar refractivity (Wildman–Crippen MR) is 113 cm³/mol. The highest BCUT2D eigenvalue weighted by atomic mass is 16.5. The minimum atomic E-state index is -0.200. The third kappa shape index (κ3) is 4.86. The molecule has 1 atom stereocenters. The molecule has 4 nitrogen and oxygen atoms in total. The van der Waals surface area contributed by atoms with E-state index in [9.17, 15) is 0 Å². The molecular weight excluding hydrogens is 334 g/mol. The molecule has 0 radical (unpaired) electrons. The molecule has 3 aromatic rings. The van der Waals surface area contributed by atoms with Gasteiger partial charge in [-0.05, 0) is 49.2 Å². The highest BCUT2D eigenvalue weighted by Gasteiger charge is 2.08. The number of fused-ring (bicyclic) bond motifs is 1. The standard InChI is InChI=1S/C23H27N3O/c1-3-8-23(25-22(24)4-2)26-15-13-19-17-20(11-12-21(19)26)27-16-14-18-9-6-5-7-10-18/h3,5-13,15,17,22H,4,14,16,24H2,1-2H3/b8-3-,25-23+. The first-order valence-corrected chi connectivity index (χ1v) is 9.45. The molecule has 0 spiro atoms. The summed E-state index contributed by atoms with van der Waals surface area (Å²) in [7, 11) is 0. The lowest BCUT2D eigenvalue weighted by Crippen LogP contribution is -2.20. The summed E-state index contributed by atoms with van der Waals surface area (Å²) in [6.07, 6.45) is 7.49. The maximum absolute atomic E-state index is 6.03. The fourth-order valence-electron chi connectivity index (χ4n) is 2.94. The number of nitrogens with two attached hydrogens (primary N) is 1. The first-order chi connectivity index (χ1) is 13.2. The second-order valence-electron chi connectivity index (χ2n) is 6.45. The second-order valence-corrected chi connectivity index (χ2v) is 6.45. The lowest BCUT2D eigenvalue weighted by molar-refractivity contribution is 0.322. The first kappa shape index (κ1) is 18.9. The number of benzene rings is 2. The number of nitrogens with zero attached hydrogens (tertiary/aromatic N) is 2. The van der Waals surface area contributed by atoms with Crippen LogP contribution in [0.3, 0.4) is 0 Å². The summed E-state index contributed by atoms with van der Waals surface area (Å²) in [5, 5.41) is 1.12. The molecule has 1 aromatic heterocycles. The fourth-order valence-corrected chi connectivity index (χ4v) is 2.94. The average molecular weight is 361 g/mol. The van der Waals surface area contributed by atoms with Crippen molar-refractivity contribution in [3.05, 3.63) is 78.5 Å². The number of aromatic nitrogens is 1. The molecule has 3 rings (SSSR count). The van der Waals surface area contributed by atoms with Gasteiger partial charge in [-0.3, -0.25) is 0 Å². The molecular formula is C23H27N3O. The van der Waals surface area contributed by atoms with E-state index < -0.39 is 0 Å². The van der Waals surface area contributed by atoms with E-state index in [1.54, 1.807) is 0 Å². The minimum Gasteiger partial charge on any atom is -0.493 e. The van der Waals surface area contributed by atoms with Crippen molar-refractivity contribution in [3.63, 3.8) is 0 Å². The Balaban J connectivity index is 1.76. The molecule has 2 N–H and O–H groups in total. The van der Waals surface area contributed by atoms with E-state index in [4.69, 9.17) is 10.5 Å². The molecule has 4 heteroatoms. The monoisotopic (exact) mass is 361 g/mol. The largest absolute Gasteiger partial charge is 0.493 e. The van der Waals surface area contributed by atoms with Crippen LogP contribution in [0.5, 0.6) is 5.75 Å². The van der Waals surface area contributed by atoms with Gasteiger partial charge in [0.25, 0.3) is 0 Å². The van der Waals surface area contributed by atoms with Crippen LogP contribution < -0.4 is 10.5 Å². The first-order valence-electron chi connectivity index (χ1n) is 9.45. The SMILES string of the molecule is C/C=C\C(=N/C(N)CC)n1ccc2cc(OCCc3ccccc3)ccc21. The summed E-state index contributed by atoms with van der Waals surface area (Å²) in [6.45, 7) is 4.68. The summed E-state index contributed by atoms with van der Waals surface area (Å²) in [4.78, 5) is 4.62. The van der Waals surface area contributed by atoms with Crippen molar-refractivity contribution in [2.24, 2.45) is 10.7 Å². The number of rotatable bonds is 7. The van der Waals surface area contributed by atoms with Crippen molar-refractivity contribution in [2.75, 3.05) is 6.61 Å². The van der Waals surface area contributed by atoms with Crippen LogP contribution in [0.25, 0.3) is 10.9 Å². The maximum atomic E-state index is 6.03. The van der Waals surface area contributed by atoms with Crippen LogP contribution in [0.15, 0.2) is 77.9 Å². The van der Waals surface area contributed by atoms with Gasteiger partial charge in [0.2, 0.25) is 0 Å². The summed E-state index contributed by atoms with van der Waals surface area (Å²) in [5.41, 5.74) is 8.40. The molecule has 1 heterocycles. The summed E-state index contributed by atoms with van der Waals surface area (Å²) in [6, 6.07) is 18.6. The molecule has 140 valence electrons. The molecule has 0 amide bonds. The van der Waals surface area contributed by atoms with E-state index in [1.165, 1.54) is 5.56 Å². The van der Waals surface area contributed by atoms with Gasteiger partial charge in [-0.2, -0.15) is 0 Å². The normalized spacial score (nSPS) is 13.4. The van der Waals surface area contributed by atoms with Crippen LogP contribution in [-0.4, -0.2) is 23.2 Å². The van der Waals surface area contributed by atoms with Gasteiger partial charge in [-0.1, -0.05) is 43.3 Å². The van der Waals surface area contributed by atoms with Gasteiger partial charge in [0.15, 0.2) is 0 Å². The van der Waals surface area contributed by atoms with E-state index >= 15 is 0 Å². The maximum Gasteiger partial charge on any atom is 0.133 e. The Bertz CT molecular complexity index is 925. The molecule has 0 fully saturated rings. The van der Waals surface area contributed by atoms with Crippen molar-refractivity contribution in [3.8, 4) is 5.75 Å².